The molecule has 0 spiro atoms. The monoisotopic (exact) mass is 299 g/mol. The molecule has 0 saturated heterocycles. The molecule has 1 aliphatic carbocycles. The normalized spacial score (nSPS) is 13.4. The number of benzene rings is 1. The van der Waals surface area contributed by atoms with Crippen molar-refractivity contribution in [2.45, 2.75) is 45.7 Å². The van der Waals surface area contributed by atoms with Crippen LogP contribution >= 0.6 is 0 Å². The number of anilines is 1. The van der Waals surface area contributed by atoms with Crippen molar-refractivity contribution in [2.24, 2.45) is 0 Å². The van der Waals surface area contributed by atoms with Crippen LogP contribution in [0.5, 0.6) is 0 Å². The molecule has 116 valence electrons. The van der Waals surface area contributed by atoms with Crippen molar-refractivity contribution in [1.29, 1.82) is 0 Å². The van der Waals surface area contributed by atoms with Crippen LogP contribution in [0, 0.1) is 0 Å². The molecule has 0 unspecified atom stereocenters. The van der Waals surface area contributed by atoms with E-state index >= 15 is 0 Å². The van der Waals surface area contributed by atoms with E-state index in [1.54, 1.807) is 0 Å². The molecule has 0 radical (unpaired) electrons. The van der Waals surface area contributed by atoms with Gasteiger partial charge >= 0.3 is 5.69 Å². The lowest BCUT2D eigenvalue weighted by atomic mass is 10.0. The van der Waals surface area contributed by atoms with Crippen LogP contribution in [0.3, 0.4) is 0 Å². The fourth-order valence-electron chi connectivity index (χ4n) is 3.14. The van der Waals surface area contributed by atoms with Crippen LogP contribution in [-0.4, -0.2) is 9.55 Å². The molecule has 0 fully saturated rings. The minimum Gasteiger partial charge on any atom is -0.367 e. The van der Waals surface area contributed by atoms with Crippen LogP contribution < -0.4 is 16.6 Å². The highest BCUT2D eigenvalue weighted by Gasteiger charge is 2.14. The van der Waals surface area contributed by atoms with Crippen LogP contribution in [0.15, 0.2) is 33.9 Å². The van der Waals surface area contributed by atoms with Crippen LogP contribution in [-0.2, 0) is 19.4 Å². The van der Waals surface area contributed by atoms with Gasteiger partial charge in [-0.05, 0) is 49.8 Å². The first-order valence-electron chi connectivity index (χ1n) is 7.75. The summed E-state index contributed by atoms with van der Waals surface area (Å²) in [6.07, 6.45) is 3.46. The molecular formula is C17H21N3O2. The smallest absolute Gasteiger partial charge is 0.330 e. The number of hydrogen-bond donors (Lipinski definition) is 2. The van der Waals surface area contributed by atoms with Gasteiger partial charge in [0.05, 0.1) is 0 Å². The summed E-state index contributed by atoms with van der Waals surface area (Å²) in [6.45, 7) is 4.25. The minimum absolute atomic E-state index is 0.150. The number of aromatic amines is 1. The molecule has 0 bridgehead atoms. The number of rotatable bonds is 4. The zero-order chi connectivity index (χ0) is 15.7. The Morgan fingerprint density at radius 1 is 1.27 bits per heavy atom. The van der Waals surface area contributed by atoms with Gasteiger partial charge in [0.15, 0.2) is 0 Å². The van der Waals surface area contributed by atoms with Crippen LogP contribution in [0.4, 0.5) is 5.82 Å². The number of nitrogens with one attached hydrogen (secondary N) is 2. The summed E-state index contributed by atoms with van der Waals surface area (Å²) in [5.41, 5.74) is 3.42. The van der Waals surface area contributed by atoms with E-state index in [0.29, 0.717) is 12.4 Å². The molecule has 0 atom stereocenters. The van der Waals surface area contributed by atoms with Gasteiger partial charge in [-0.3, -0.25) is 14.3 Å². The molecule has 1 aromatic carbocycles. The average molecular weight is 299 g/mol. The molecule has 5 nitrogen and oxygen atoms in total. The van der Waals surface area contributed by atoms with E-state index in [4.69, 9.17) is 0 Å². The summed E-state index contributed by atoms with van der Waals surface area (Å²) in [5, 5.41) is 3.17. The summed E-state index contributed by atoms with van der Waals surface area (Å²) < 4.78 is 1.21. The summed E-state index contributed by atoms with van der Waals surface area (Å²) in [6, 6.07) is 7.65. The summed E-state index contributed by atoms with van der Waals surface area (Å²) in [5.74, 6) is 0.475. The lowest BCUT2D eigenvalue weighted by Gasteiger charge is -2.12. The molecule has 1 aliphatic rings. The summed E-state index contributed by atoms with van der Waals surface area (Å²) in [7, 11) is 0. The highest BCUT2D eigenvalue weighted by molar-refractivity contribution is 5.41. The van der Waals surface area contributed by atoms with Crippen molar-refractivity contribution >= 4 is 5.82 Å². The Kier molecular flexibility index (Phi) is 3.88. The van der Waals surface area contributed by atoms with Crippen molar-refractivity contribution in [3.05, 3.63) is 61.8 Å². The molecule has 2 N–H and O–H groups in total. The molecule has 1 aromatic heterocycles. The molecular weight excluding hydrogens is 278 g/mol. The zero-order valence-corrected chi connectivity index (χ0v) is 13.0. The maximum Gasteiger partial charge on any atom is 0.330 e. The standard InChI is InChI=1S/C17H21N3O2/c1-11(2)20-16(21)9-15(19-17(20)22)18-10-13-7-3-5-12-6-4-8-14(12)13/h3,5,7,9,11,18H,4,6,8,10H2,1-2H3,(H,19,22). The Labute approximate surface area is 129 Å². The predicted octanol–water partition coefficient (Wildman–Crippen LogP) is 2.22. The average Bonchev–Trinajstić information content (AvgIpc) is 2.92. The zero-order valence-electron chi connectivity index (χ0n) is 13.0. The van der Waals surface area contributed by atoms with E-state index in [0.717, 1.165) is 12.8 Å². The lowest BCUT2D eigenvalue weighted by Crippen LogP contribution is -2.36. The quantitative estimate of drug-likeness (QED) is 0.909. The lowest BCUT2D eigenvalue weighted by molar-refractivity contribution is 0.546. The molecule has 22 heavy (non-hydrogen) atoms. The molecule has 2 aromatic rings. The molecule has 1 heterocycles. The maximum absolute atomic E-state index is 12.0. The van der Waals surface area contributed by atoms with Crippen molar-refractivity contribution in [1.82, 2.24) is 9.55 Å². The van der Waals surface area contributed by atoms with Crippen LogP contribution in [0.25, 0.3) is 0 Å². The summed E-state index contributed by atoms with van der Waals surface area (Å²) in [4.78, 5) is 26.7. The third kappa shape index (κ3) is 2.71. The molecule has 0 saturated carbocycles. The Morgan fingerprint density at radius 2 is 2.09 bits per heavy atom. The van der Waals surface area contributed by atoms with Gasteiger partial charge in [-0.2, -0.15) is 0 Å². The fraction of sp³-hybridized carbons (Fsp3) is 0.412. The maximum atomic E-state index is 12.0. The number of H-pyrrole nitrogens is 1. The molecule has 3 rings (SSSR count). The number of aromatic nitrogens is 2. The fourth-order valence-corrected chi connectivity index (χ4v) is 3.14. The van der Waals surface area contributed by atoms with E-state index in [1.165, 1.54) is 33.7 Å². The van der Waals surface area contributed by atoms with Crippen LogP contribution in [0.2, 0.25) is 0 Å². The Bertz CT molecular complexity index is 771. The van der Waals surface area contributed by atoms with Crippen molar-refractivity contribution in [2.75, 3.05) is 5.32 Å². The SMILES string of the molecule is CC(C)n1c(=O)cc(NCc2cccc3c2CCC3)[nH]c1=O. The minimum atomic E-state index is -0.372. The third-order valence-electron chi connectivity index (χ3n) is 4.19. The largest absolute Gasteiger partial charge is 0.367 e. The van der Waals surface area contributed by atoms with Gasteiger partial charge in [0.1, 0.15) is 5.82 Å². The number of aryl methyl sites for hydroxylation is 1. The first-order chi connectivity index (χ1) is 10.6. The van der Waals surface area contributed by atoms with Gasteiger partial charge in [-0.25, -0.2) is 4.79 Å². The third-order valence-corrected chi connectivity index (χ3v) is 4.19. The van der Waals surface area contributed by atoms with Gasteiger partial charge in [0.25, 0.3) is 5.56 Å². The predicted molar refractivity (Wildman–Crippen MR) is 87.5 cm³/mol. The highest BCUT2D eigenvalue weighted by atomic mass is 16.2. The Hall–Kier alpha value is -2.30. The second-order valence-electron chi connectivity index (χ2n) is 6.05. The van der Waals surface area contributed by atoms with Gasteiger partial charge in [0, 0.05) is 18.7 Å². The first-order valence-corrected chi connectivity index (χ1v) is 7.75. The number of fused-ring (bicyclic) bond motifs is 1. The van der Waals surface area contributed by atoms with E-state index in [1.807, 2.05) is 13.8 Å². The second-order valence-corrected chi connectivity index (χ2v) is 6.05. The van der Waals surface area contributed by atoms with E-state index in [-0.39, 0.29) is 17.3 Å². The second kappa shape index (κ2) is 5.83. The number of hydrogen-bond acceptors (Lipinski definition) is 3. The molecule has 5 heteroatoms. The van der Waals surface area contributed by atoms with Crippen LogP contribution in [0.1, 0.15) is 43.0 Å². The summed E-state index contributed by atoms with van der Waals surface area (Å²) >= 11 is 0. The Balaban J connectivity index is 1.82. The molecule has 0 amide bonds. The van der Waals surface area contributed by atoms with Crippen molar-refractivity contribution in [3.8, 4) is 0 Å². The van der Waals surface area contributed by atoms with Gasteiger partial charge in [-0.1, -0.05) is 18.2 Å². The van der Waals surface area contributed by atoms with E-state index < -0.39 is 0 Å². The first kappa shape index (κ1) is 14.6. The van der Waals surface area contributed by atoms with Gasteiger partial charge in [0.2, 0.25) is 0 Å². The number of nitrogens with zero attached hydrogens (tertiary/aromatic N) is 1. The van der Waals surface area contributed by atoms with Gasteiger partial charge in [-0.15, -0.1) is 0 Å². The van der Waals surface area contributed by atoms with E-state index in [9.17, 15) is 9.59 Å². The van der Waals surface area contributed by atoms with Crippen molar-refractivity contribution in [3.63, 3.8) is 0 Å². The van der Waals surface area contributed by atoms with Crippen molar-refractivity contribution < 1.29 is 0 Å². The highest BCUT2D eigenvalue weighted by Crippen LogP contribution is 2.25. The van der Waals surface area contributed by atoms with E-state index in [2.05, 4.69) is 28.5 Å². The van der Waals surface area contributed by atoms with Gasteiger partial charge < -0.3 is 5.32 Å². The Morgan fingerprint density at radius 3 is 2.82 bits per heavy atom. The molecule has 0 aliphatic heterocycles. The topological polar surface area (TPSA) is 66.9 Å².